The van der Waals surface area contributed by atoms with Crippen LogP contribution >= 0.6 is 0 Å². The van der Waals surface area contributed by atoms with Crippen LogP contribution in [0.3, 0.4) is 0 Å². The van der Waals surface area contributed by atoms with Gasteiger partial charge in [-0.1, -0.05) is 228 Å². The lowest BCUT2D eigenvalue weighted by Gasteiger charge is -2.49. The van der Waals surface area contributed by atoms with Gasteiger partial charge in [-0.2, -0.15) is 0 Å². The van der Waals surface area contributed by atoms with Crippen LogP contribution in [0, 0.1) is 37.5 Å². The van der Waals surface area contributed by atoms with Gasteiger partial charge in [0.1, 0.15) is 5.75 Å². The Hall–Kier alpha value is -5.76. The molecular formula is C69H76O. The van der Waals surface area contributed by atoms with Crippen molar-refractivity contribution in [3.63, 3.8) is 0 Å². The molecule has 6 aromatic rings. The molecular weight excluding hydrogens is 845 g/mol. The average Bonchev–Trinajstić information content (AvgIpc) is 3.34. The number of hydrogen-bond donors (Lipinski definition) is 0. The molecule has 0 heterocycles. The molecule has 6 aromatic carbocycles. The number of hydrogen-bond acceptors (Lipinski definition) is 1. The fraction of sp³-hybridized carbons (Fsp3) is 0.420. The van der Waals surface area contributed by atoms with E-state index in [0.717, 1.165) is 24.3 Å². The predicted octanol–water partition coefficient (Wildman–Crippen LogP) is 17.7. The van der Waals surface area contributed by atoms with E-state index in [9.17, 15) is 0 Å². The maximum atomic E-state index is 6.63. The molecule has 0 unspecified atom stereocenters. The molecule has 70 heavy (non-hydrogen) atoms. The highest BCUT2D eigenvalue weighted by Gasteiger charge is 2.51. The molecule has 0 aromatic heterocycles. The van der Waals surface area contributed by atoms with Crippen molar-refractivity contribution in [3.05, 3.63) is 203 Å². The summed E-state index contributed by atoms with van der Waals surface area (Å²) < 4.78 is 6.63. The van der Waals surface area contributed by atoms with Crippen molar-refractivity contribution >= 4 is 0 Å². The lowest BCUT2D eigenvalue weighted by atomic mass is 9.53. The zero-order valence-corrected chi connectivity index (χ0v) is 44.1. The Morgan fingerprint density at radius 3 is 1.26 bits per heavy atom. The third-order valence-corrected chi connectivity index (χ3v) is 16.5. The van der Waals surface area contributed by atoms with Crippen molar-refractivity contribution in [3.8, 4) is 29.4 Å². The maximum Gasteiger partial charge on any atom is 0.123 e. The summed E-state index contributed by atoms with van der Waals surface area (Å²) in [7, 11) is 0. The molecule has 0 spiro atoms. The third kappa shape index (κ3) is 8.55. The van der Waals surface area contributed by atoms with E-state index in [0.29, 0.717) is 0 Å². The summed E-state index contributed by atoms with van der Waals surface area (Å²) in [6.07, 6.45) is 16.0. The summed E-state index contributed by atoms with van der Waals surface area (Å²) >= 11 is 0. The first-order valence-corrected chi connectivity index (χ1v) is 27.2. The average molecular weight is 921 g/mol. The number of unbranched alkanes of at least 4 members (excludes halogenated alkanes) is 11. The summed E-state index contributed by atoms with van der Waals surface area (Å²) in [5.74, 6) is 16.6. The second kappa shape index (κ2) is 19.4. The fourth-order valence-corrected chi connectivity index (χ4v) is 12.9. The monoisotopic (exact) mass is 921 g/mol. The highest BCUT2D eigenvalue weighted by molar-refractivity contribution is 5.83. The first-order valence-electron chi connectivity index (χ1n) is 27.2. The van der Waals surface area contributed by atoms with E-state index >= 15 is 0 Å². The number of aryl methyl sites for hydroxylation is 2. The summed E-state index contributed by atoms with van der Waals surface area (Å²) in [6, 6.07) is 37.9. The Kier molecular flexibility index (Phi) is 13.3. The van der Waals surface area contributed by atoms with Crippen molar-refractivity contribution < 1.29 is 4.74 Å². The molecule has 0 fully saturated rings. The lowest BCUT2D eigenvalue weighted by molar-refractivity contribution is 0.302. The van der Waals surface area contributed by atoms with Crippen LogP contribution in [0.2, 0.25) is 0 Å². The normalized spacial score (nSPS) is 17.5. The molecule has 1 nitrogen and oxygen atoms in total. The molecule has 2 atom stereocenters. The summed E-state index contributed by atoms with van der Waals surface area (Å²) in [4.78, 5) is 0. The minimum absolute atomic E-state index is 0.00702. The zero-order chi connectivity index (χ0) is 48.9. The predicted molar refractivity (Wildman–Crippen MR) is 294 cm³/mol. The van der Waals surface area contributed by atoms with Gasteiger partial charge in [-0.25, -0.2) is 0 Å². The molecule has 0 saturated heterocycles. The number of rotatable bonds is 14. The van der Waals surface area contributed by atoms with Crippen molar-refractivity contribution in [2.75, 3.05) is 6.61 Å². The first kappa shape index (κ1) is 47.9. The topological polar surface area (TPSA) is 9.23 Å². The summed E-state index contributed by atoms with van der Waals surface area (Å²) in [5, 5.41) is 0. The quantitative estimate of drug-likeness (QED) is 0.0780. The van der Waals surface area contributed by atoms with Crippen LogP contribution in [0.15, 0.2) is 97.1 Å². The van der Waals surface area contributed by atoms with Crippen LogP contribution in [0.5, 0.6) is 5.75 Å². The number of ether oxygens (including phenoxy) is 1. The van der Waals surface area contributed by atoms with E-state index in [1.165, 1.54) is 171 Å². The molecule has 1 heteroatoms. The van der Waals surface area contributed by atoms with Gasteiger partial charge < -0.3 is 4.74 Å². The van der Waals surface area contributed by atoms with Crippen molar-refractivity contribution in [1.82, 2.24) is 0 Å². The smallest absolute Gasteiger partial charge is 0.123 e. The molecule has 0 N–H and O–H groups in total. The van der Waals surface area contributed by atoms with Crippen LogP contribution in [0.25, 0.3) is 0 Å². The van der Waals surface area contributed by atoms with E-state index in [2.05, 4.69) is 183 Å². The molecule has 12 rings (SSSR count). The highest BCUT2D eigenvalue weighted by atomic mass is 16.5. The Morgan fingerprint density at radius 1 is 0.429 bits per heavy atom. The molecule has 4 bridgehead atoms. The Bertz CT molecular complexity index is 3050. The largest absolute Gasteiger partial charge is 0.493 e. The Labute approximate surface area is 422 Å². The standard InChI is InChI=1S/C69H76O/c1-11-13-14-15-16-17-18-19-20-21-22-27-39-70-59-41-46(44(3)40-45(59)4)33-36-56-66-61-51-31-25-23-29-49(51)60(50-30-24-26-32-52(50)61)64(66)55(28-12-2)65-62-53-37-34-48(69(8,9)10)43-58(53)63(67(56)65)54-38-35-47(42-57(54)62)68(5,6)7/h23-26,29-32,34-35,37-38,40-43,60-63H,11,13-22,27,39H2,1-10H3/t60?,61?,62-,63+/m1/s1. The molecule has 0 amide bonds. The van der Waals surface area contributed by atoms with E-state index < -0.39 is 0 Å². The van der Waals surface area contributed by atoms with Crippen molar-refractivity contribution in [2.45, 2.75) is 181 Å². The van der Waals surface area contributed by atoms with Crippen LogP contribution in [0.4, 0.5) is 0 Å². The Morgan fingerprint density at radius 2 is 0.829 bits per heavy atom. The molecule has 0 saturated carbocycles. The van der Waals surface area contributed by atoms with Gasteiger partial charge in [0, 0.05) is 40.4 Å². The lowest BCUT2D eigenvalue weighted by Crippen LogP contribution is -2.35. The molecule has 0 radical (unpaired) electrons. The van der Waals surface area contributed by atoms with Gasteiger partial charge in [0.15, 0.2) is 0 Å². The summed E-state index contributed by atoms with van der Waals surface area (Å²) in [5.41, 5.74) is 25.5. The van der Waals surface area contributed by atoms with E-state index in [4.69, 9.17) is 4.74 Å². The van der Waals surface area contributed by atoms with Crippen LogP contribution in [-0.4, -0.2) is 6.61 Å². The first-order chi connectivity index (χ1) is 33.8. The van der Waals surface area contributed by atoms with Gasteiger partial charge in [-0.15, -0.1) is 5.92 Å². The fourth-order valence-electron chi connectivity index (χ4n) is 12.9. The maximum absolute atomic E-state index is 6.63. The molecule has 6 aliphatic carbocycles. The second-order valence-corrected chi connectivity index (χ2v) is 23.4. The van der Waals surface area contributed by atoms with Crippen molar-refractivity contribution in [2.24, 2.45) is 0 Å². The van der Waals surface area contributed by atoms with Crippen LogP contribution in [0.1, 0.15) is 262 Å². The van der Waals surface area contributed by atoms with E-state index in [1.807, 2.05) is 6.92 Å². The zero-order valence-electron chi connectivity index (χ0n) is 44.1. The van der Waals surface area contributed by atoms with Crippen LogP contribution < -0.4 is 4.74 Å². The SMILES string of the molecule is CC#Cc1c2c(c(C#Cc3cc(OCCCCCCCCCCCCCC)c(C)cc3C)c3c1[C@@H]1c4ccc(C(C)(C)C)cc4[C@@H]3c3ccc(C(C)(C)C)cc31)C1c3ccccc3C2c2ccccc21. The van der Waals surface area contributed by atoms with Gasteiger partial charge in [0.2, 0.25) is 0 Å². The van der Waals surface area contributed by atoms with E-state index in [1.54, 1.807) is 0 Å². The van der Waals surface area contributed by atoms with Gasteiger partial charge in [-0.3, -0.25) is 0 Å². The van der Waals surface area contributed by atoms with E-state index in [-0.39, 0.29) is 34.5 Å². The number of benzene rings is 6. The minimum Gasteiger partial charge on any atom is -0.493 e. The van der Waals surface area contributed by atoms with Gasteiger partial charge in [0.05, 0.1) is 6.61 Å². The Balaban J connectivity index is 1.10. The third-order valence-electron chi connectivity index (χ3n) is 16.5. The molecule has 358 valence electrons. The van der Waals surface area contributed by atoms with Gasteiger partial charge in [-0.05, 0) is 133 Å². The molecule has 6 aliphatic rings. The molecule has 0 aliphatic heterocycles. The summed E-state index contributed by atoms with van der Waals surface area (Å²) in [6.45, 7) is 23.6. The minimum atomic E-state index is 0.00702. The van der Waals surface area contributed by atoms with Crippen LogP contribution in [-0.2, 0) is 10.8 Å². The second-order valence-electron chi connectivity index (χ2n) is 23.4. The van der Waals surface area contributed by atoms with Gasteiger partial charge >= 0.3 is 0 Å². The van der Waals surface area contributed by atoms with Gasteiger partial charge in [0.25, 0.3) is 0 Å². The van der Waals surface area contributed by atoms with Crippen molar-refractivity contribution in [1.29, 1.82) is 0 Å². The highest BCUT2D eigenvalue weighted by Crippen LogP contribution is 2.64.